The summed E-state index contributed by atoms with van der Waals surface area (Å²) in [5.41, 5.74) is 2.68. The number of nitrogens with zero attached hydrogens (tertiary/aromatic N) is 1. The van der Waals surface area contributed by atoms with E-state index in [9.17, 15) is 0 Å². The highest BCUT2D eigenvalue weighted by molar-refractivity contribution is 7.97. The fourth-order valence-electron chi connectivity index (χ4n) is 1.39. The molecule has 2 rings (SSSR count). The lowest BCUT2D eigenvalue weighted by molar-refractivity contribution is 0.985. The van der Waals surface area contributed by atoms with E-state index >= 15 is 0 Å². The van der Waals surface area contributed by atoms with Crippen LogP contribution in [0.3, 0.4) is 0 Å². The Morgan fingerprint density at radius 1 is 1.64 bits per heavy atom. The molecule has 0 unspecified atom stereocenters. The van der Waals surface area contributed by atoms with Gasteiger partial charge in [0.25, 0.3) is 0 Å². The molecule has 2 heterocycles. The summed E-state index contributed by atoms with van der Waals surface area (Å²) in [7, 11) is 0. The van der Waals surface area contributed by atoms with Gasteiger partial charge in [-0.1, -0.05) is 0 Å². The van der Waals surface area contributed by atoms with Gasteiger partial charge in [-0.05, 0) is 12.7 Å². The number of H-pyrrole nitrogens is 1. The largest absolute Gasteiger partial charge is 0.368 e. The maximum atomic E-state index is 4.17. The minimum absolute atomic E-state index is 1.05. The van der Waals surface area contributed by atoms with Gasteiger partial charge in [-0.3, -0.25) is 5.10 Å². The zero-order valence-electron chi connectivity index (χ0n) is 6.48. The summed E-state index contributed by atoms with van der Waals surface area (Å²) < 4.78 is 0. The van der Waals surface area contributed by atoms with Crippen molar-refractivity contribution in [3.63, 3.8) is 0 Å². The summed E-state index contributed by atoms with van der Waals surface area (Å²) in [6, 6.07) is 0. The van der Waals surface area contributed by atoms with Crippen molar-refractivity contribution in [1.29, 1.82) is 0 Å². The number of nitrogens with one attached hydrogen (secondary N) is 2. The van der Waals surface area contributed by atoms with E-state index in [0.717, 1.165) is 24.5 Å². The summed E-state index contributed by atoms with van der Waals surface area (Å²) in [6.07, 6.45) is 3.23. The third-order valence-electron chi connectivity index (χ3n) is 1.91. The average Bonchev–Trinajstić information content (AvgIpc) is 2.53. The molecule has 0 amide bonds. The molecular weight excluding hydrogens is 158 g/mol. The van der Waals surface area contributed by atoms with E-state index in [4.69, 9.17) is 0 Å². The van der Waals surface area contributed by atoms with Crippen LogP contribution >= 0.6 is 11.8 Å². The summed E-state index contributed by atoms with van der Waals surface area (Å²) in [6.45, 7) is 1.05. The maximum Gasteiger partial charge on any atom is 0.151 e. The normalized spacial score (nSPS) is 14.6. The molecule has 1 aliphatic heterocycles. The molecule has 0 bridgehead atoms. The molecule has 0 radical (unpaired) electrons. The Balaban J connectivity index is 2.27. The quantitative estimate of drug-likeness (QED) is 0.700. The minimum Gasteiger partial charge on any atom is -0.368 e. The first-order valence-electron chi connectivity index (χ1n) is 3.70. The smallest absolute Gasteiger partial charge is 0.151 e. The molecule has 11 heavy (non-hydrogen) atoms. The predicted octanol–water partition coefficient (Wildman–Crippen LogP) is 1.24. The lowest BCUT2D eigenvalue weighted by Gasteiger charge is -1.94. The van der Waals surface area contributed by atoms with Crippen LogP contribution in [0, 0.1) is 0 Å². The molecule has 0 aliphatic carbocycles. The van der Waals surface area contributed by atoms with Crippen molar-refractivity contribution in [2.45, 2.75) is 12.2 Å². The first kappa shape index (κ1) is 7.03. The minimum atomic E-state index is 1.05. The molecule has 0 atom stereocenters. The van der Waals surface area contributed by atoms with E-state index < -0.39 is 0 Å². The Hall–Kier alpha value is -0.640. The van der Waals surface area contributed by atoms with Crippen molar-refractivity contribution in [3.05, 3.63) is 11.3 Å². The highest BCUT2D eigenvalue weighted by atomic mass is 32.2. The van der Waals surface area contributed by atoms with Gasteiger partial charge in [0, 0.05) is 17.9 Å². The second-order valence-electron chi connectivity index (χ2n) is 2.64. The lowest BCUT2D eigenvalue weighted by Crippen LogP contribution is -1.95. The van der Waals surface area contributed by atoms with Gasteiger partial charge in [0.15, 0.2) is 5.82 Å². The Bertz CT molecular complexity index is 256. The number of rotatable bonds is 2. The molecule has 0 saturated heterocycles. The molecule has 3 nitrogen and oxygen atoms in total. The maximum absolute atomic E-state index is 4.17. The number of aromatic nitrogens is 2. The Kier molecular flexibility index (Phi) is 1.77. The zero-order chi connectivity index (χ0) is 7.68. The van der Waals surface area contributed by atoms with Crippen LogP contribution in [-0.2, 0) is 12.2 Å². The fraction of sp³-hybridized carbons (Fsp3) is 0.571. The highest BCUT2D eigenvalue weighted by Gasteiger charge is 2.16. The first-order valence-corrected chi connectivity index (χ1v) is 5.10. The van der Waals surface area contributed by atoms with Crippen molar-refractivity contribution in [2.24, 2.45) is 0 Å². The molecule has 0 aromatic carbocycles. The Morgan fingerprint density at radius 2 is 2.55 bits per heavy atom. The summed E-state index contributed by atoms with van der Waals surface area (Å²) in [4.78, 5) is 0. The molecule has 60 valence electrons. The highest BCUT2D eigenvalue weighted by Crippen LogP contribution is 2.24. The zero-order valence-corrected chi connectivity index (χ0v) is 7.29. The van der Waals surface area contributed by atoms with Crippen LogP contribution in [0.25, 0.3) is 0 Å². The summed E-state index contributed by atoms with van der Waals surface area (Å²) in [5, 5.41) is 10.4. The number of fused-ring (bicyclic) bond motifs is 1. The molecule has 1 aromatic rings. The van der Waals surface area contributed by atoms with Crippen LogP contribution < -0.4 is 5.32 Å². The standard InChI is InChI=1S/C7H11N3S/c1-11-4-6-5-2-3-8-7(5)10-9-6/h2-4H2,1H3,(H2,8,9,10). The number of thioether (sulfide) groups is 1. The van der Waals surface area contributed by atoms with Crippen LogP contribution in [0.2, 0.25) is 0 Å². The Labute approximate surface area is 70.0 Å². The van der Waals surface area contributed by atoms with Gasteiger partial charge < -0.3 is 5.32 Å². The van der Waals surface area contributed by atoms with Gasteiger partial charge in [0.1, 0.15) is 0 Å². The molecule has 1 aromatic heterocycles. The van der Waals surface area contributed by atoms with Crippen LogP contribution in [-0.4, -0.2) is 23.0 Å². The van der Waals surface area contributed by atoms with Crippen molar-refractivity contribution in [1.82, 2.24) is 10.2 Å². The van der Waals surface area contributed by atoms with Crippen molar-refractivity contribution < 1.29 is 0 Å². The molecule has 0 saturated carbocycles. The molecule has 0 spiro atoms. The van der Waals surface area contributed by atoms with Crippen molar-refractivity contribution in [3.8, 4) is 0 Å². The van der Waals surface area contributed by atoms with Gasteiger partial charge in [-0.15, -0.1) is 0 Å². The van der Waals surface area contributed by atoms with Crippen LogP contribution in [0.5, 0.6) is 0 Å². The lowest BCUT2D eigenvalue weighted by atomic mass is 10.2. The number of anilines is 1. The van der Waals surface area contributed by atoms with Gasteiger partial charge in [-0.25, -0.2) is 0 Å². The molecular formula is C7H11N3S. The second-order valence-corrected chi connectivity index (χ2v) is 3.51. The first-order chi connectivity index (χ1) is 5.42. The number of hydrogen-bond acceptors (Lipinski definition) is 3. The van der Waals surface area contributed by atoms with E-state index in [-0.39, 0.29) is 0 Å². The number of aromatic amines is 1. The van der Waals surface area contributed by atoms with Gasteiger partial charge >= 0.3 is 0 Å². The van der Waals surface area contributed by atoms with E-state index in [1.54, 1.807) is 0 Å². The van der Waals surface area contributed by atoms with Crippen LogP contribution in [0.1, 0.15) is 11.3 Å². The van der Waals surface area contributed by atoms with E-state index in [1.807, 2.05) is 11.8 Å². The van der Waals surface area contributed by atoms with E-state index in [2.05, 4.69) is 21.8 Å². The van der Waals surface area contributed by atoms with Gasteiger partial charge in [-0.2, -0.15) is 16.9 Å². The molecule has 4 heteroatoms. The van der Waals surface area contributed by atoms with Crippen molar-refractivity contribution >= 4 is 17.6 Å². The van der Waals surface area contributed by atoms with E-state index in [1.165, 1.54) is 11.3 Å². The summed E-state index contributed by atoms with van der Waals surface area (Å²) in [5.74, 6) is 2.11. The summed E-state index contributed by atoms with van der Waals surface area (Å²) >= 11 is 1.83. The van der Waals surface area contributed by atoms with E-state index in [0.29, 0.717) is 0 Å². The van der Waals surface area contributed by atoms with Crippen LogP contribution in [0.4, 0.5) is 5.82 Å². The second kappa shape index (κ2) is 2.77. The third-order valence-corrected chi connectivity index (χ3v) is 2.49. The SMILES string of the molecule is CSCc1[nH]nc2c1CCN2. The average molecular weight is 169 g/mol. The molecule has 2 N–H and O–H groups in total. The van der Waals surface area contributed by atoms with Gasteiger partial charge in [0.05, 0.1) is 5.69 Å². The molecule has 1 aliphatic rings. The number of hydrogen-bond donors (Lipinski definition) is 2. The van der Waals surface area contributed by atoms with Crippen LogP contribution in [0.15, 0.2) is 0 Å². The Morgan fingerprint density at radius 3 is 3.36 bits per heavy atom. The fourth-order valence-corrected chi connectivity index (χ4v) is 1.91. The molecule has 0 fully saturated rings. The van der Waals surface area contributed by atoms with Gasteiger partial charge in [0.2, 0.25) is 0 Å². The topological polar surface area (TPSA) is 40.7 Å². The monoisotopic (exact) mass is 169 g/mol. The van der Waals surface area contributed by atoms with Crippen molar-refractivity contribution in [2.75, 3.05) is 18.1 Å². The third kappa shape index (κ3) is 1.11. The predicted molar refractivity (Wildman–Crippen MR) is 48.0 cm³/mol.